The Bertz CT molecular complexity index is 1180. The van der Waals surface area contributed by atoms with Gasteiger partial charge in [-0.1, -0.05) is 56.3 Å². The average molecular weight is 429 g/mol. The third kappa shape index (κ3) is 3.39. The number of amides is 2. The third-order valence-corrected chi connectivity index (χ3v) is 6.98. The fourth-order valence-corrected chi connectivity index (χ4v) is 5.15. The lowest BCUT2D eigenvalue weighted by Crippen LogP contribution is -2.37. The molecule has 1 aromatic heterocycles. The van der Waals surface area contributed by atoms with Gasteiger partial charge in [0, 0.05) is 18.0 Å². The Morgan fingerprint density at radius 1 is 0.871 bits per heavy atom. The second-order valence-electron chi connectivity index (χ2n) is 8.33. The number of benzene rings is 2. The van der Waals surface area contributed by atoms with Crippen molar-refractivity contribution in [1.29, 1.82) is 0 Å². The zero-order valence-electron chi connectivity index (χ0n) is 17.7. The number of carbonyl (C=O) groups excluding carboxylic acids is 2. The Morgan fingerprint density at radius 3 is 2.29 bits per heavy atom. The van der Waals surface area contributed by atoms with E-state index in [0.717, 1.165) is 17.8 Å². The second-order valence-corrected chi connectivity index (χ2v) is 9.28. The molecule has 0 aliphatic carbocycles. The van der Waals surface area contributed by atoms with Crippen LogP contribution in [0.5, 0.6) is 0 Å². The van der Waals surface area contributed by atoms with E-state index in [1.54, 1.807) is 0 Å². The Balaban J connectivity index is 1.56. The average Bonchev–Trinajstić information content (AvgIpc) is 3.39. The highest BCUT2D eigenvalue weighted by Gasteiger charge is 2.43. The van der Waals surface area contributed by atoms with Crippen LogP contribution >= 0.6 is 11.3 Å². The minimum Gasteiger partial charge on any atom is -0.362 e. The quantitative estimate of drug-likeness (QED) is 0.536. The molecule has 0 N–H and O–H groups in total. The summed E-state index contributed by atoms with van der Waals surface area (Å²) in [5.74, 6) is -0.0773. The summed E-state index contributed by atoms with van der Waals surface area (Å²) in [6.07, 6.45) is 0.863. The van der Waals surface area contributed by atoms with E-state index < -0.39 is 0 Å². The van der Waals surface area contributed by atoms with Gasteiger partial charge < -0.3 is 4.90 Å². The maximum Gasteiger partial charge on any atom is 0.282 e. The molecule has 3 aromatic rings. The van der Waals surface area contributed by atoms with Crippen LogP contribution in [0.2, 0.25) is 0 Å². The molecule has 0 radical (unpaired) electrons. The fraction of sp³-hybridized carbons (Fsp3) is 0.231. The molecule has 2 amide bonds. The lowest BCUT2D eigenvalue weighted by molar-refractivity contribution is -0.120. The van der Waals surface area contributed by atoms with Crippen LogP contribution in [-0.4, -0.2) is 23.3 Å². The first-order chi connectivity index (χ1) is 15.0. The van der Waals surface area contributed by atoms with E-state index in [1.807, 2.05) is 47.8 Å². The monoisotopic (exact) mass is 428 g/mol. The molecule has 0 bridgehead atoms. The molecule has 0 unspecified atom stereocenters. The van der Waals surface area contributed by atoms with Gasteiger partial charge in [-0.25, -0.2) is 4.90 Å². The van der Waals surface area contributed by atoms with Crippen LogP contribution in [0.15, 0.2) is 71.7 Å². The van der Waals surface area contributed by atoms with Crippen molar-refractivity contribution < 1.29 is 9.59 Å². The van der Waals surface area contributed by atoms with Crippen molar-refractivity contribution in [3.05, 3.63) is 93.3 Å². The first kappa shape index (κ1) is 19.8. The first-order valence-corrected chi connectivity index (χ1v) is 11.5. The van der Waals surface area contributed by atoms with Crippen molar-refractivity contribution in [2.75, 3.05) is 11.4 Å². The number of thiophene rings is 1. The number of imide groups is 1. The molecule has 2 aliphatic rings. The smallest absolute Gasteiger partial charge is 0.282 e. The Labute approximate surface area is 186 Å². The molecule has 0 atom stereocenters. The second kappa shape index (κ2) is 7.82. The molecule has 5 heteroatoms. The van der Waals surface area contributed by atoms with E-state index in [2.05, 4.69) is 36.9 Å². The maximum absolute atomic E-state index is 13.7. The van der Waals surface area contributed by atoms with Gasteiger partial charge in [0.15, 0.2) is 0 Å². The lowest BCUT2D eigenvalue weighted by atomic mass is 9.99. The van der Waals surface area contributed by atoms with Crippen LogP contribution in [0.4, 0.5) is 5.69 Å². The van der Waals surface area contributed by atoms with Crippen molar-refractivity contribution in [1.82, 2.24) is 4.90 Å². The summed E-state index contributed by atoms with van der Waals surface area (Å²) < 4.78 is 0. The zero-order valence-corrected chi connectivity index (χ0v) is 18.5. The SMILES string of the molecule is CC(C)c1ccc(N2C(=O)C(c3cccs3)=C(N3CCc4ccccc4C3)C2=O)cc1. The van der Waals surface area contributed by atoms with Gasteiger partial charge in [0.2, 0.25) is 0 Å². The van der Waals surface area contributed by atoms with Gasteiger partial charge in [-0.15, -0.1) is 11.3 Å². The highest BCUT2D eigenvalue weighted by Crippen LogP contribution is 2.38. The van der Waals surface area contributed by atoms with Crippen molar-refractivity contribution >= 4 is 34.4 Å². The zero-order chi connectivity index (χ0) is 21.5. The highest BCUT2D eigenvalue weighted by atomic mass is 32.1. The molecule has 4 nitrogen and oxygen atoms in total. The number of hydrogen-bond donors (Lipinski definition) is 0. The first-order valence-electron chi connectivity index (χ1n) is 10.6. The van der Waals surface area contributed by atoms with Gasteiger partial charge in [0.25, 0.3) is 11.8 Å². The number of nitrogens with zero attached hydrogens (tertiary/aromatic N) is 2. The highest BCUT2D eigenvalue weighted by molar-refractivity contribution is 7.11. The minimum atomic E-state index is -0.237. The molecule has 0 saturated heterocycles. The topological polar surface area (TPSA) is 40.6 Å². The normalized spacial score (nSPS) is 16.5. The summed E-state index contributed by atoms with van der Waals surface area (Å²) in [5.41, 5.74) is 5.38. The number of rotatable bonds is 4. The number of hydrogen-bond acceptors (Lipinski definition) is 4. The van der Waals surface area contributed by atoms with E-state index in [4.69, 9.17) is 0 Å². The largest absolute Gasteiger partial charge is 0.362 e. The van der Waals surface area contributed by atoms with Crippen molar-refractivity contribution in [2.45, 2.75) is 32.7 Å². The molecule has 5 rings (SSSR count). The van der Waals surface area contributed by atoms with E-state index in [-0.39, 0.29) is 11.8 Å². The van der Waals surface area contributed by atoms with Gasteiger partial charge in [-0.2, -0.15) is 0 Å². The Hall–Kier alpha value is -3.18. The predicted molar refractivity (Wildman–Crippen MR) is 125 cm³/mol. The van der Waals surface area contributed by atoms with Crippen molar-refractivity contribution in [3.8, 4) is 0 Å². The summed E-state index contributed by atoms with van der Waals surface area (Å²) in [5, 5.41) is 1.95. The molecule has 156 valence electrons. The number of anilines is 1. The summed E-state index contributed by atoms with van der Waals surface area (Å²) >= 11 is 1.50. The summed E-state index contributed by atoms with van der Waals surface area (Å²) in [6.45, 7) is 5.62. The van der Waals surface area contributed by atoms with Crippen molar-refractivity contribution in [3.63, 3.8) is 0 Å². The van der Waals surface area contributed by atoms with E-state index in [9.17, 15) is 9.59 Å². The summed E-state index contributed by atoms with van der Waals surface area (Å²) in [4.78, 5) is 31.5. The molecule has 0 saturated carbocycles. The fourth-order valence-electron chi connectivity index (χ4n) is 4.38. The standard InChI is InChI=1S/C26H24N2O2S/c1-17(2)18-9-11-21(12-10-18)28-25(29)23(22-8-5-15-31-22)24(26(28)30)27-14-13-19-6-3-4-7-20(19)16-27/h3-12,15,17H,13-14,16H2,1-2H3. The third-order valence-electron chi connectivity index (χ3n) is 6.09. The van der Waals surface area contributed by atoms with Gasteiger partial charge in [0.1, 0.15) is 5.70 Å². The summed E-state index contributed by atoms with van der Waals surface area (Å²) in [6, 6.07) is 19.9. The van der Waals surface area contributed by atoms with Crippen LogP contribution in [-0.2, 0) is 22.6 Å². The van der Waals surface area contributed by atoms with Gasteiger partial charge in [-0.05, 0) is 52.6 Å². The molecule has 0 fully saturated rings. The van der Waals surface area contributed by atoms with Gasteiger partial charge in [0.05, 0.1) is 11.3 Å². The van der Waals surface area contributed by atoms with Crippen LogP contribution < -0.4 is 4.90 Å². The Morgan fingerprint density at radius 2 is 1.61 bits per heavy atom. The molecule has 0 spiro atoms. The molecule has 2 aromatic carbocycles. The van der Waals surface area contributed by atoms with Gasteiger partial charge in [-0.3, -0.25) is 9.59 Å². The maximum atomic E-state index is 13.7. The predicted octanol–water partition coefficient (Wildman–Crippen LogP) is 5.21. The molecular formula is C26H24N2O2S. The Kier molecular flexibility index (Phi) is 4.98. The number of carbonyl (C=O) groups is 2. The van der Waals surface area contributed by atoms with Crippen LogP contribution in [0, 0.1) is 0 Å². The molecule has 31 heavy (non-hydrogen) atoms. The van der Waals surface area contributed by atoms with E-state index in [0.29, 0.717) is 29.4 Å². The van der Waals surface area contributed by atoms with E-state index in [1.165, 1.54) is 32.9 Å². The van der Waals surface area contributed by atoms with Crippen LogP contribution in [0.3, 0.4) is 0 Å². The van der Waals surface area contributed by atoms with E-state index >= 15 is 0 Å². The molecule has 3 heterocycles. The van der Waals surface area contributed by atoms with Crippen LogP contribution in [0.25, 0.3) is 5.57 Å². The lowest BCUT2D eigenvalue weighted by Gasteiger charge is -2.31. The van der Waals surface area contributed by atoms with Crippen LogP contribution in [0.1, 0.15) is 41.3 Å². The van der Waals surface area contributed by atoms with Gasteiger partial charge >= 0.3 is 0 Å². The molecule has 2 aliphatic heterocycles. The van der Waals surface area contributed by atoms with Crippen molar-refractivity contribution in [2.24, 2.45) is 0 Å². The summed E-state index contributed by atoms with van der Waals surface area (Å²) in [7, 11) is 0. The number of fused-ring (bicyclic) bond motifs is 1. The minimum absolute atomic E-state index is 0.231. The molecular weight excluding hydrogens is 404 g/mol.